The summed E-state index contributed by atoms with van der Waals surface area (Å²) in [5.41, 5.74) is 1.24. The lowest BCUT2D eigenvalue weighted by Gasteiger charge is -2.27. The number of ether oxygens (including phenoxy) is 1. The van der Waals surface area contributed by atoms with Crippen LogP contribution in [0.3, 0.4) is 0 Å². The maximum atomic E-state index is 14.6. The molecule has 0 saturated carbocycles. The summed E-state index contributed by atoms with van der Waals surface area (Å²) in [4.78, 5) is 21.1. The number of aromatic amines is 1. The van der Waals surface area contributed by atoms with E-state index in [1.807, 2.05) is 0 Å². The molecule has 0 bridgehead atoms. The Kier molecular flexibility index (Phi) is 4.71. The molecule has 30 heavy (non-hydrogen) atoms. The second-order valence-corrected chi connectivity index (χ2v) is 6.74. The Balaban J connectivity index is 1.84. The predicted octanol–water partition coefficient (Wildman–Crippen LogP) is 4.78. The molecule has 3 aromatic rings. The maximum Gasteiger partial charge on any atom is 0.422 e. The quantitative estimate of drug-likeness (QED) is 0.615. The van der Waals surface area contributed by atoms with Crippen molar-refractivity contribution in [2.45, 2.75) is 19.1 Å². The summed E-state index contributed by atoms with van der Waals surface area (Å²) in [6.45, 7) is -0.332. The van der Waals surface area contributed by atoms with Gasteiger partial charge in [-0.2, -0.15) is 13.2 Å². The fourth-order valence-corrected chi connectivity index (χ4v) is 3.48. The van der Waals surface area contributed by atoms with E-state index >= 15 is 0 Å². The van der Waals surface area contributed by atoms with Crippen molar-refractivity contribution in [3.05, 3.63) is 71.3 Å². The van der Waals surface area contributed by atoms with Gasteiger partial charge in [-0.1, -0.05) is 12.1 Å². The summed E-state index contributed by atoms with van der Waals surface area (Å²) in [5, 5.41) is 0. The molecule has 0 saturated heterocycles. The number of fused-ring (bicyclic) bond motifs is 1. The van der Waals surface area contributed by atoms with E-state index in [0.717, 1.165) is 11.0 Å². The highest BCUT2D eigenvalue weighted by atomic mass is 19.4. The first-order chi connectivity index (χ1) is 14.2. The van der Waals surface area contributed by atoms with Gasteiger partial charge in [-0.25, -0.2) is 13.8 Å². The molecule has 1 aliphatic rings. The molecule has 1 aromatic heterocycles. The number of carbonyl (C=O) groups excluding carboxylic acids is 1. The number of carbonyl (C=O) groups is 1. The zero-order chi connectivity index (χ0) is 21.6. The van der Waals surface area contributed by atoms with Crippen molar-refractivity contribution in [1.29, 1.82) is 0 Å². The lowest BCUT2D eigenvalue weighted by Crippen LogP contribution is -2.31. The largest absolute Gasteiger partial charge is 0.478 e. The fourth-order valence-electron chi connectivity index (χ4n) is 3.48. The Bertz CT molecular complexity index is 1170. The van der Waals surface area contributed by atoms with Gasteiger partial charge in [0.2, 0.25) is 0 Å². The molecule has 2 aromatic carbocycles. The van der Waals surface area contributed by atoms with E-state index in [0.29, 0.717) is 11.0 Å². The molecular formula is C20H14F5N3O2. The summed E-state index contributed by atoms with van der Waals surface area (Å²) in [5.74, 6) is -3.78. The van der Waals surface area contributed by atoms with Crippen molar-refractivity contribution in [3.8, 4) is 0 Å². The Morgan fingerprint density at radius 1 is 1.20 bits per heavy atom. The van der Waals surface area contributed by atoms with Crippen LogP contribution in [0.25, 0.3) is 11.0 Å². The van der Waals surface area contributed by atoms with Gasteiger partial charge in [0.1, 0.15) is 0 Å². The monoisotopic (exact) mass is 423 g/mol. The molecule has 1 N–H and O–H groups in total. The van der Waals surface area contributed by atoms with Gasteiger partial charge in [0, 0.05) is 16.8 Å². The van der Waals surface area contributed by atoms with Crippen LogP contribution in [0.4, 0.5) is 27.6 Å². The van der Waals surface area contributed by atoms with Gasteiger partial charge < -0.3 is 9.72 Å². The van der Waals surface area contributed by atoms with E-state index < -0.39 is 42.1 Å². The van der Waals surface area contributed by atoms with Crippen molar-refractivity contribution in [2.75, 3.05) is 11.5 Å². The summed E-state index contributed by atoms with van der Waals surface area (Å²) in [6, 6.07) is 6.93. The molecule has 4 rings (SSSR count). The van der Waals surface area contributed by atoms with Gasteiger partial charge in [-0.3, -0.25) is 9.69 Å². The molecule has 10 heteroatoms. The SMILES string of the molecule is CC1=C(OCC(F)(F)F)C(=O)N(c2ccc3[nH]cnc3c2)C1c1cccc(F)c1F. The highest BCUT2D eigenvalue weighted by Gasteiger charge is 2.43. The molecular weight excluding hydrogens is 409 g/mol. The molecule has 156 valence electrons. The Morgan fingerprint density at radius 2 is 1.97 bits per heavy atom. The number of amides is 1. The number of H-pyrrole nitrogens is 1. The standard InChI is InChI=1S/C20H14F5N3O2/c1-10-17(12-3-2-4-13(21)16(12)22)28(19(29)18(10)30-8-20(23,24)25)11-5-6-14-15(7-11)27-9-26-14/h2-7,9,17H,8H2,1H3,(H,26,27). The average Bonchev–Trinajstić information content (AvgIpc) is 3.24. The number of hydrogen-bond donors (Lipinski definition) is 1. The second kappa shape index (κ2) is 7.12. The number of halogens is 5. The highest BCUT2D eigenvalue weighted by molar-refractivity contribution is 6.09. The van der Waals surface area contributed by atoms with Crippen LogP contribution in [0.15, 0.2) is 54.1 Å². The first kappa shape index (κ1) is 19.9. The summed E-state index contributed by atoms with van der Waals surface area (Å²) >= 11 is 0. The summed E-state index contributed by atoms with van der Waals surface area (Å²) in [7, 11) is 0. The van der Waals surface area contributed by atoms with Crippen molar-refractivity contribution in [3.63, 3.8) is 0 Å². The molecule has 5 nitrogen and oxygen atoms in total. The first-order valence-electron chi connectivity index (χ1n) is 8.78. The molecule has 0 spiro atoms. The topological polar surface area (TPSA) is 58.2 Å². The van der Waals surface area contributed by atoms with Crippen LogP contribution in [0.1, 0.15) is 18.5 Å². The smallest absolute Gasteiger partial charge is 0.422 e. The normalized spacial score (nSPS) is 17.3. The van der Waals surface area contributed by atoms with E-state index in [-0.39, 0.29) is 16.8 Å². The van der Waals surface area contributed by atoms with Crippen molar-refractivity contribution in [2.24, 2.45) is 0 Å². The second-order valence-electron chi connectivity index (χ2n) is 6.74. The first-order valence-corrected chi connectivity index (χ1v) is 8.78. The number of benzene rings is 2. The Labute approximate surface area is 166 Å². The van der Waals surface area contributed by atoms with Gasteiger partial charge in [0.25, 0.3) is 5.91 Å². The van der Waals surface area contributed by atoms with Crippen molar-refractivity contribution >= 4 is 22.6 Å². The molecule has 2 heterocycles. The van der Waals surface area contributed by atoms with E-state index in [2.05, 4.69) is 9.97 Å². The average molecular weight is 423 g/mol. The molecule has 1 atom stereocenters. The maximum absolute atomic E-state index is 14.6. The lowest BCUT2D eigenvalue weighted by atomic mass is 9.99. The zero-order valence-corrected chi connectivity index (χ0v) is 15.4. The minimum Gasteiger partial charge on any atom is -0.478 e. The Hall–Kier alpha value is -3.43. The van der Waals surface area contributed by atoms with Crippen LogP contribution in [0.2, 0.25) is 0 Å². The van der Waals surface area contributed by atoms with Gasteiger partial charge in [0.15, 0.2) is 24.0 Å². The van der Waals surface area contributed by atoms with Crippen molar-refractivity contribution < 1.29 is 31.5 Å². The molecule has 0 fully saturated rings. The van der Waals surface area contributed by atoms with Gasteiger partial charge in [-0.05, 0) is 31.2 Å². The zero-order valence-electron chi connectivity index (χ0n) is 15.4. The van der Waals surface area contributed by atoms with Crippen LogP contribution in [0, 0.1) is 11.6 Å². The number of imidazole rings is 1. The molecule has 0 aliphatic carbocycles. The van der Waals surface area contributed by atoms with E-state index in [1.54, 1.807) is 6.07 Å². The third kappa shape index (κ3) is 3.38. The van der Waals surface area contributed by atoms with E-state index in [4.69, 9.17) is 4.74 Å². The number of hydrogen-bond acceptors (Lipinski definition) is 3. The minimum absolute atomic E-state index is 0.0378. The van der Waals surface area contributed by atoms with Gasteiger partial charge in [-0.15, -0.1) is 0 Å². The highest BCUT2D eigenvalue weighted by Crippen LogP contribution is 2.43. The fraction of sp³-hybridized carbons (Fsp3) is 0.200. The van der Waals surface area contributed by atoms with Crippen LogP contribution in [-0.2, 0) is 9.53 Å². The van der Waals surface area contributed by atoms with Gasteiger partial charge in [0.05, 0.1) is 23.4 Å². The molecule has 1 amide bonds. The van der Waals surface area contributed by atoms with Gasteiger partial charge >= 0.3 is 6.18 Å². The minimum atomic E-state index is -4.67. The number of nitrogens with one attached hydrogen (secondary N) is 1. The number of alkyl halides is 3. The number of aromatic nitrogens is 2. The Morgan fingerprint density at radius 3 is 2.70 bits per heavy atom. The molecule has 1 aliphatic heterocycles. The van der Waals surface area contributed by atoms with E-state index in [9.17, 15) is 26.7 Å². The molecule has 1 unspecified atom stereocenters. The van der Waals surface area contributed by atoms with Crippen molar-refractivity contribution in [1.82, 2.24) is 9.97 Å². The third-order valence-electron chi connectivity index (χ3n) is 4.78. The lowest BCUT2D eigenvalue weighted by molar-refractivity contribution is -0.166. The third-order valence-corrected chi connectivity index (χ3v) is 4.78. The van der Waals surface area contributed by atoms with Crippen LogP contribution in [-0.4, -0.2) is 28.7 Å². The number of nitrogens with zero attached hydrogens (tertiary/aromatic N) is 2. The predicted molar refractivity (Wildman–Crippen MR) is 97.4 cm³/mol. The van der Waals surface area contributed by atoms with E-state index in [1.165, 1.54) is 37.5 Å². The molecule has 0 radical (unpaired) electrons. The van der Waals surface area contributed by atoms with Crippen LogP contribution in [0.5, 0.6) is 0 Å². The summed E-state index contributed by atoms with van der Waals surface area (Å²) < 4.78 is 71.2. The number of rotatable bonds is 4. The van der Waals surface area contributed by atoms with Crippen LogP contribution >= 0.6 is 0 Å². The number of anilines is 1. The summed E-state index contributed by atoms with van der Waals surface area (Å²) in [6.07, 6.45) is -3.24. The van der Waals surface area contributed by atoms with Crippen LogP contribution < -0.4 is 4.90 Å².